The van der Waals surface area contributed by atoms with Crippen molar-refractivity contribution in [3.8, 4) is 5.75 Å². The lowest BCUT2D eigenvalue weighted by Gasteiger charge is -2.28. The summed E-state index contributed by atoms with van der Waals surface area (Å²) in [5, 5.41) is 0. The van der Waals surface area contributed by atoms with Crippen LogP contribution in [0.2, 0.25) is 0 Å². The van der Waals surface area contributed by atoms with Crippen LogP contribution >= 0.6 is 0 Å². The molecule has 15 heavy (non-hydrogen) atoms. The van der Waals surface area contributed by atoms with Gasteiger partial charge < -0.3 is 10.5 Å². The van der Waals surface area contributed by atoms with Crippen LogP contribution < -0.4 is 10.5 Å². The molecule has 2 nitrogen and oxygen atoms in total. The molecular weight excluding hydrogens is 193 g/mol. The van der Waals surface area contributed by atoms with E-state index < -0.39 is 0 Å². The first-order chi connectivity index (χ1) is 7.18. The average molecular weight is 209 g/mol. The van der Waals surface area contributed by atoms with Crippen LogP contribution in [0, 0.1) is 5.82 Å². The summed E-state index contributed by atoms with van der Waals surface area (Å²) in [4.78, 5) is 0. The Labute approximate surface area is 89.2 Å². The predicted octanol–water partition coefficient (Wildman–Crippen LogP) is 2.78. The summed E-state index contributed by atoms with van der Waals surface area (Å²) in [5.41, 5.74) is 6.52. The molecule has 1 aliphatic rings. The van der Waals surface area contributed by atoms with Gasteiger partial charge in [-0.15, -0.1) is 0 Å². The van der Waals surface area contributed by atoms with E-state index in [0.717, 1.165) is 18.4 Å². The fourth-order valence-corrected chi connectivity index (χ4v) is 1.66. The summed E-state index contributed by atoms with van der Waals surface area (Å²) in [6.07, 6.45) is 3.39. The Balaban J connectivity index is 2.25. The monoisotopic (exact) mass is 209 g/mol. The smallest absolute Gasteiger partial charge is 0.165 e. The third-order valence-corrected chi connectivity index (χ3v) is 2.82. The van der Waals surface area contributed by atoms with E-state index in [-0.39, 0.29) is 18.0 Å². The number of hydrogen-bond acceptors (Lipinski definition) is 2. The van der Waals surface area contributed by atoms with Gasteiger partial charge in [0.1, 0.15) is 0 Å². The van der Waals surface area contributed by atoms with Crippen LogP contribution in [0.4, 0.5) is 4.39 Å². The van der Waals surface area contributed by atoms with Gasteiger partial charge in [0.2, 0.25) is 0 Å². The van der Waals surface area contributed by atoms with Crippen molar-refractivity contribution in [1.82, 2.24) is 0 Å². The normalized spacial score (nSPS) is 18.3. The van der Waals surface area contributed by atoms with Gasteiger partial charge in [0, 0.05) is 11.6 Å². The van der Waals surface area contributed by atoms with Crippen LogP contribution in [0.15, 0.2) is 18.2 Å². The molecule has 0 spiro atoms. The highest BCUT2D eigenvalue weighted by Crippen LogP contribution is 2.32. The Kier molecular flexibility index (Phi) is 2.91. The quantitative estimate of drug-likeness (QED) is 0.830. The van der Waals surface area contributed by atoms with E-state index in [1.54, 1.807) is 6.07 Å². The predicted molar refractivity (Wildman–Crippen MR) is 57.3 cm³/mol. The molecular formula is C12H16FNO. The zero-order valence-electron chi connectivity index (χ0n) is 8.87. The summed E-state index contributed by atoms with van der Waals surface area (Å²) < 4.78 is 19.2. The molecule has 0 aromatic heterocycles. The fraction of sp³-hybridized carbons (Fsp3) is 0.500. The van der Waals surface area contributed by atoms with E-state index >= 15 is 0 Å². The topological polar surface area (TPSA) is 35.2 Å². The Bertz CT molecular complexity index is 347. The van der Waals surface area contributed by atoms with Crippen molar-refractivity contribution in [3.63, 3.8) is 0 Å². The Morgan fingerprint density at radius 1 is 1.47 bits per heavy atom. The molecule has 1 aromatic rings. The van der Waals surface area contributed by atoms with Crippen LogP contribution in [0.1, 0.15) is 37.8 Å². The summed E-state index contributed by atoms with van der Waals surface area (Å²) in [6, 6.07) is 4.71. The van der Waals surface area contributed by atoms with Crippen molar-refractivity contribution < 1.29 is 9.13 Å². The maximum atomic E-state index is 13.6. The van der Waals surface area contributed by atoms with Gasteiger partial charge in [0.05, 0.1) is 6.10 Å². The second-order valence-electron chi connectivity index (χ2n) is 4.12. The molecule has 0 aliphatic heterocycles. The minimum atomic E-state index is -0.309. The largest absolute Gasteiger partial charge is 0.487 e. The van der Waals surface area contributed by atoms with E-state index in [0.29, 0.717) is 5.75 Å². The molecule has 0 heterocycles. The zero-order chi connectivity index (χ0) is 10.8. The maximum absolute atomic E-state index is 13.6. The minimum absolute atomic E-state index is 0.180. The number of para-hydroxylation sites is 1. The second-order valence-corrected chi connectivity index (χ2v) is 4.12. The van der Waals surface area contributed by atoms with Crippen LogP contribution in [0.3, 0.4) is 0 Å². The van der Waals surface area contributed by atoms with Gasteiger partial charge in [-0.3, -0.25) is 0 Å². The lowest BCUT2D eigenvalue weighted by atomic mass is 9.96. The number of rotatable bonds is 3. The molecule has 2 N–H and O–H groups in total. The van der Waals surface area contributed by atoms with Gasteiger partial charge in [-0.1, -0.05) is 12.1 Å². The van der Waals surface area contributed by atoms with Gasteiger partial charge in [0.25, 0.3) is 0 Å². The summed E-state index contributed by atoms with van der Waals surface area (Å²) in [5.74, 6) is 0.0360. The fourth-order valence-electron chi connectivity index (χ4n) is 1.66. The number of halogens is 1. The highest BCUT2D eigenvalue weighted by atomic mass is 19.1. The van der Waals surface area contributed by atoms with Gasteiger partial charge >= 0.3 is 0 Å². The van der Waals surface area contributed by atoms with E-state index in [9.17, 15) is 4.39 Å². The van der Waals surface area contributed by atoms with Crippen molar-refractivity contribution in [3.05, 3.63) is 29.6 Å². The third-order valence-electron chi connectivity index (χ3n) is 2.82. The summed E-state index contributed by atoms with van der Waals surface area (Å²) in [6.45, 7) is 1.84. The molecule has 1 aliphatic carbocycles. The molecule has 0 unspecified atom stereocenters. The molecule has 1 aromatic carbocycles. The number of hydrogen-bond donors (Lipinski definition) is 1. The van der Waals surface area contributed by atoms with E-state index in [2.05, 4.69) is 0 Å². The molecule has 0 amide bonds. The minimum Gasteiger partial charge on any atom is -0.487 e. The lowest BCUT2D eigenvalue weighted by molar-refractivity contribution is 0.113. The third kappa shape index (κ3) is 2.12. The molecule has 3 heteroatoms. The maximum Gasteiger partial charge on any atom is 0.165 e. The van der Waals surface area contributed by atoms with Crippen LogP contribution in [0.5, 0.6) is 5.75 Å². The van der Waals surface area contributed by atoms with E-state index in [1.165, 1.54) is 12.5 Å². The van der Waals surface area contributed by atoms with Crippen molar-refractivity contribution in [1.29, 1.82) is 0 Å². The number of benzene rings is 1. The molecule has 82 valence electrons. The SMILES string of the molecule is C[C@@H](N)c1cccc(F)c1OC1CCC1. The molecule has 1 saturated carbocycles. The zero-order valence-corrected chi connectivity index (χ0v) is 8.87. The summed E-state index contributed by atoms with van der Waals surface area (Å²) in [7, 11) is 0. The first-order valence-electron chi connectivity index (χ1n) is 5.39. The van der Waals surface area contributed by atoms with Crippen molar-refractivity contribution in [2.75, 3.05) is 0 Å². The van der Waals surface area contributed by atoms with Crippen LogP contribution in [0.25, 0.3) is 0 Å². The Morgan fingerprint density at radius 2 is 2.20 bits per heavy atom. The first kappa shape index (κ1) is 10.4. The molecule has 2 rings (SSSR count). The number of nitrogens with two attached hydrogens (primary N) is 1. The molecule has 1 fully saturated rings. The van der Waals surface area contributed by atoms with Crippen molar-refractivity contribution in [2.24, 2.45) is 5.73 Å². The highest BCUT2D eigenvalue weighted by Gasteiger charge is 2.22. The standard InChI is InChI=1S/C12H16FNO/c1-8(14)10-6-3-7-11(13)12(10)15-9-4-2-5-9/h3,6-9H,2,4-5,14H2,1H3/t8-/m1/s1. The Morgan fingerprint density at radius 3 is 2.73 bits per heavy atom. The van der Waals surface area contributed by atoms with Crippen molar-refractivity contribution >= 4 is 0 Å². The van der Waals surface area contributed by atoms with E-state index in [4.69, 9.17) is 10.5 Å². The van der Waals surface area contributed by atoms with Crippen LogP contribution in [-0.2, 0) is 0 Å². The van der Waals surface area contributed by atoms with Crippen molar-refractivity contribution in [2.45, 2.75) is 38.3 Å². The number of ether oxygens (including phenoxy) is 1. The van der Waals surface area contributed by atoms with Gasteiger partial charge in [-0.05, 0) is 32.3 Å². The molecule has 0 radical (unpaired) electrons. The van der Waals surface area contributed by atoms with E-state index in [1.807, 2.05) is 13.0 Å². The Hall–Kier alpha value is -1.09. The van der Waals surface area contributed by atoms with Gasteiger partial charge in [-0.25, -0.2) is 4.39 Å². The lowest BCUT2D eigenvalue weighted by Crippen LogP contribution is -2.26. The highest BCUT2D eigenvalue weighted by molar-refractivity contribution is 5.37. The first-order valence-corrected chi connectivity index (χ1v) is 5.39. The summed E-state index contributed by atoms with van der Waals surface area (Å²) >= 11 is 0. The van der Waals surface area contributed by atoms with Gasteiger partial charge in [0.15, 0.2) is 11.6 Å². The molecule has 0 saturated heterocycles. The molecule has 0 bridgehead atoms. The van der Waals surface area contributed by atoms with Crippen LogP contribution in [-0.4, -0.2) is 6.10 Å². The molecule has 1 atom stereocenters. The second kappa shape index (κ2) is 4.19. The van der Waals surface area contributed by atoms with Gasteiger partial charge in [-0.2, -0.15) is 0 Å². The average Bonchev–Trinajstić information content (AvgIpc) is 2.12.